The van der Waals surface area contributed by atoms with Gasteiger partial charge in [-0.05, 0) is 56.0 Å². The fourth-order valence-corrected chi connectivity index (χ4v) is 4.69. The first-order valence-corrected chi connectivity index (χ1v) is 11.3. The Kier molecular flexibility index (Phi) is 5.83. The maximum absolute atomic E-state index is 14.5. The number of carbonyl (C=O) groups is 1. The minimum absolute atomic E-state index is 0.00283. The van der Waals surface area contributed by atoms with Gasteiger partial charge in [-0.2, -0.15) is 0 Å². The molecule has 5 rings (SSSR count). The first kappa shape index (κ1) is 22.2. The molecular formula is C26H21ClFN5O. The van der Waals surface area contributed by atoms with Gasteiger partial charge in [-0.1, -0.05) is 35.4 Å². The van der Waals surface area contributed by atoms with Crippen molar-refractivity contribution in [1.29, 1.82) is 0 Å². The highest BCUT2D eigenvalue weighted by Crippen LogP contribution is 2.50. The average molecular weight is 474 g/mol. The molecule has 8 heteroatoms. The topological polar surface area (TPSA) is 70.1 Å². The predicted molar refractivity (Wildman–Crippen MR) is 131 cm³/mol. The van der Waals surface area contributed by atoms with Crippen LogP contribution in [0, 0.1) is 47.3 Å². The second-order valence-corrected chi connectivity index (χ2v) is 8.94. The van der Waals surface area contributed by atoms with Crippen molar-refractivity contribution in [2.45, 2.75) is 6.92 Å². The number of carbonyl (C=O) groups excluding carboxylic acids is 1. The van der Waals surface area contributed by atoms with E-state index in [-0.39, 0.29) is 10.7 Å². The third kappa shape index (κ3) is 4.28. The SMILES string of the molecule is CC#CC(=O)Nc1cc2c(Nc3cccc(Cl)c3F)ncnc2cc1C#CC1C2CN(C)C[C@@H]12. The van der Waals surface area contributed by atoms with Gasteiger partial charge >= 0.3 is 0 Å². The first-order chi connectivity index (χ1) is 16.4. The summed E-state index contributed by atoms with van der Waals surface area (Å²) in [5, 5.41) is 6.39. The number of amides is 1. The normalized spacial score (nSPS) is 20.5. The maximum atomic E-state index is 14.5. The summed E-state index contributed by atoms with van der Waals surface area (Å²) < 4.78 is 14.5. The minimum atomic E-state index is -0.578. The summed E-state index contributed by atoms with van der Waals surface area (Å²) in [7, 11) is 2.13. The van der Waals surface area contributed by atoms with Gasteiger partial charge in [0.2, 0.25) is 0 Å². The molecule has 1 aromatic heterocycles. The van der Waals surface area contributed by atoms with E-state index in [4.69, 9.17) is 11.6 Å². The fourth-order valence-electron chi connectivity index (χ4n) is 4.52. The monoisotopic (exact) mass is 473 g/mol. The summed E-state index contributed by atoms with van der Waals surface area (Å²) in [6.45, 7) is 3.73. The minimum Gasteiger partial charge on any atom is -0.337 e. The molecule has 0 bridgehead atoms. The number of anilines is 3. The standard InChI is InChI=1S/C26H21ClFN5O/c1-3-5-24(34)31-22-11-17-23(10-15(22)8-9-16-18-12-33(2)13-19(16)18)29-14-30-26(17)32-21-7-4-6-20(27)25(21)28/h4,6-7,10-11,14,16,18-19H,12-13H2,1-2H3,(H,31,34)(H,29,30,32)/t16?,18-,19?/m0/s1. The number of hydrogen-bond acceptors (Lipinski definition) is 5. The van der Waals surface area contributed by atoms with Crippen LogP contribution in [0.2, 0.25) is 5.02 Å². The van der Waals surface area contributed by atoms with Gasteiger partial charge in [0.05, 0.1) is 27.5 Å². The van der Waals surface area contributed by atoms with Crippen molar-refractivity contribution >= 4 is 45.6 Å². The Morgan fingerprint density at radius 3 is 2.76 bits per heavy atom. The van der Waals surface area contributed by atoms with E-state index in [2.05, 4.69) is 56.2 Å². The van der Waals surface area contributed by atoms with Crippen LogP contribution in [-0.4, -0.2) is 40.9 Å². The van der Waals surface area contributed by atoms with Gasteiger partial charge in [0.25, 0.3) is 5.91 Å². The van der Waals surface area contributed by atoms with Crippen LogP contribution < -0.4 is 10.6 Å². The predicted octanol–water partition coefficient (Wildman–Crippen LogP) is 4.29. The molecule has 34 heavy (non-hydrogen) atoms. The van der Waals surface area contributed by atoms with E-state index >= 15 is 0 Å². The van der Waals surface area contributed by atoms with Gasteiger partial charge < -0.3 is 15.5 Å². The molecule has 3 aromatic rings. The number of aromatic nitrogens is 2. The Morgan fingerprint density at radius 2 is 2.00 bits per heavy atom. The van der Waals surface area contributed by atoms with Crippen molar-refractivity contribution in [1.82, 2.24) is 14.9 Å². The van der Waals surface area contributed by atoms with E-state index in [0.717, 1.165) is 13.1 Å². The molecule has 2 N–H and O–H groups in total. The van der Waals surface area contributed by atoms with Crippen LogP contribution in [-0.2, 0) is 4.79 Å². The molecule has 2 heterocycles. The van der Waals surface area contributed by atoms with E-state index in [1.165, 1.54) is 12.4 Å². The number of piperidine rings is 1. The van der Waals surface area contributed by atoms with Gasteiger partial charge in [0.15, 0.2) is 5.82 Å². The Bertz CT molecular complexity index is 1420. The van der Waals surface area contributed by atoms with Crippen LogP contribution in [0.3, 0.4) is 0 Å². The van der Waals surface area contributed by atoms with Crippen LogP contribution in [0.1, 0.15) is 12.5 Å². The fraction of sp³-hybridized carbons (Fsp3) is 0.269. The Balaban J connectivity index is 1.53. The molecule has 1 amide bonds. The Labute approximate surface area is 201 Å². The van der Waals surface area contributed by atoms with Crippen molar-refractivity contribution in [3.8, 4) is 23.7 Å². The highest BCUT2D eigenvalue weighted by molar-refractivity contribution is 6.31. The molecule has 2 aliphatic rings. The third-order valence-corrected chi connectivity index (χ3v) is 6.51. The molecule has 3 atom stereocenters. The van der Waals surface area contributed by atoms with Gasteiger partial charge in [-0.25, -0.2) is 14.4 Å². The summed E-state index contributed by atoms with van der Waals surface area (Å²) in [6, 6.07) is 8.23. The maximum Gasteiger partial charge on any atom is 0.300 e. The van der Waals surface area contributed by atoms with Gasteiger partial charge in [0, 0.05) is 24.4 Å². The van der Waals surface area contributed by atoms with Crippen molar-refractivity contribution < 1.29 is 9.18 Å². The highest BCUT2D eigenvalue weighted by Gasteiger charge is 2.53. The van der Waals surface area contributed by atoms with Crippen molar-refractivity contribution in [2.75, 3.05) is 30.8 Å². The molecule has 1 saturated heterocycles. The van der Waals surface area contributed by atoms with Gasteiger partial charge in [-0.15, -0.1) is 0 Å². The number of likely N-dealkylation sites (tertiary alicyclic amines) is 1. The summed E-state index contributed by atoms with van der Waals surface area (Å²) in [6.07, 6.45) is 1.40. The number of nitrogens with zero attached hydrogens (tertiary/aromatic N) is 3. The lowest BCUT2D eigenvalue weighted by molar-refractivity contribution is -0.111. The molecule has 1 aliphatic carbocycles. The average Bonchev–Trinajstić information content (AvgIpc) is 3.27. The zero-order valence-electron chi connectivity index (χ0n) is 18.6. The number of benzene rings is 2. The first-order valence-electron chi connectivity index (χ1n) is 10.9. The number of halogens is 2. The molecule has 6 nitrogen and oxygen atoms in total. The lowest BCUT2D eigenvalue weighted by Crippen LogP contribution is -2.18. The van der Waals surface area contributed by atoms with Crippen molar-refractivity contribution in [2.24, 2.45) is 17.8 Å². The molecule has 2 unspecified atom stereocenters. The van der Waals surface area contributed by atoms with Crippen LogP contribution >= 0.6 is 11.6 Å². The quantitative estimate of drug-likeness (QED) is 0.555. The zero-order chi connectivity index (χ0) is 23.8. The van der Waals surface area contributed by atoms with Crippen molar-refractivity contribution in [3.05, 3.63) is 53.1 Å². The number of hydrogen-bond donors (Lipinski definition) is 2. The second kappa shape index (κ2) is 8.95. The van der Waals surface area contributed by atoms with Crippen molar-refractivity contribution in [3.63, 3.8) is 0 Å². The second-order valence-electron chi connectivity index (χ2n) is 8.54. The van der Waals surface area contributed by atoms with Crippen LogP contribution in [0.4, 0.5) is 21.6 Å². The molecule has 1 saturated carbocycles. The Hall–Kier alpha value is -3.65. The van der Waals surface area contributed by atoms with E-state index in [0.29, 0.717) is 45.7 Å². The zero-order valence-corrected chi connectivity index (χ0v) is 19.4. The molecule has 2 fully saturated rings. The van der Waals surface area contributed by atoms with Crippen LogP contribution in [0.5, 0.6) is 0 Å². The lowest BCUT2D eigenvalue weighted by atomic mass is 10.1. The molecule has 0 radical (unpaired) electrons. The highest BCUT2D eigenvalue weighted by atomic mass is 35.5. The van der Waals surface area contributed by atoms with E-state index < -0.39 is 11.7 Å². The summed E-state index contributed by atoms with van der Waals surface area (Å²) >= 11 is 5.91. The molecular weight excluding hydrogens is 453 g/mol. The summed E-state index contributed by atoms with van der Waals surface area (Å²) in [5.74, 6) is 12.7. The molecule has 1 aliphatic heterocycles. The van der Waals surface area contributed by atoms with Crippen LogP contribution in [0.15, 0.2) is 36.7 Å². The summed E-state index contributed by atoms with van der Waals surface area (Å²) in [5.41, 5.74) is 1.94. The third-order valence-electron chi connectivity index (χ3n) is 6.22. The Morgan fingerprint density at radius 1 is 1.21 bits per heavy atom. The summed E-state index contributed by atoms with van der Waals surface area (Å²) in [4.78, 5) is 23.2. The molecule has 0 spiro atoms. The molecule has 170 valence electrons. The molecule has 2 aromatic carbocycles. The van der Waals surface area contributed by atoms with Gasteiger partial charge in [-0.3, -0.25) is 4.79 Å². The smallest absolute Gasteiger partial charge is 0.300 e. The largest absolute Gasteiger partial charge is 0.337 e. The van der Waals surface area contributed by atoms with E-state index in [1.807, 2.05) is 6.07 Å². The number of fused-ring (bicyclic) bond motifs is 2. The van der Waals surface area contributed by atoms with E-state index in [9.17, 15) is 9.18 Å². The van der Waals surface area contributed by atoms with E-state index in [1.54, 1.807) is 25.1 Å². The lowest BCUT2D eigenvalue weighted by Gasteiger charge is -2.12. The number of nitrogens with one attached hydrogen (secondary N) is 2. The van der Waals surface area contributed by atoms with Crippen LogP contribution in [0.25, 0.3) is 10.9 Å². The van der Waals surface area contributed by atoms with Gasteiger partial charge in [0.1, 0.15) is 12.1 Å². The number of rotatable bonds is 3.